The average Bonchev–Trinajstić information content (AvgIpc) is 3.63. The first kappa shape index (κ1) is 19.8. The van der Waals surface area contributed by atoms with Crippen molar-refractivity contribution in [2.24, 2.45) is 13.0 Å². The van der Waals surface area contributed by atoms with Crippen LogP contribution in [0, 0.1) is 17.2 Å². The van der Waals surface area contributed by atoms with Crippen LogP contribution in [-0.4, -0.2) is 19.5 Å². The molecule has 0 spiro atoms. The van der Waals surface area contributed by atoms with Crippen LogP contribution in [0.1, 0.15) is 54.1 Å². The second kappa shape index (κ2) is 6.44. The lowest BCUT2D eigenvalue weighted by Gasteiger charge is -2.30. The number of alkyl halides is 3. The molecule has 2 aliphatic rings. The third-order valence-electron chi connectivity index (χ3n) is 6.28. The fourth-order valence-electron chi connectivity index (χ4n) is 4.48. The summed E-state index contributed by atoms with van der Waals surface area (Å²) in [5.41, 5.74) is -2.74. The zero-order valence-corrected chi connectivity index (χ0v) is 16.6. The Morgan fingerprint density at radius 1 is 1.19 bits per heavy atom. The van der Waals surface area contributed by atoms with Gasteiger partial charge in [0.2, 0.25) is 0 Å². The largest absolute Gasteiger partial charge is 0.417 e. The first-order valence-electron chi connectivity index (χ1n) is 10.1. The Hall–Kier alpha value is -3.12. The van der Waals surface area contributed by atoms with Gasteiger partial charge in [-0.3, -0.25) is 9.48 Å². The van der Waals surface area contributed by atoms with Crippen LogP contribution >= 0.6 is 0 Å². The summed E-state index contributed by atoms with van der Waals surface area (Å²) in [5.74, 6) is -0.250. The monoisotopic (exact) mass is 428 g/mol. The standard InChI is InChI=1S/C22H19F3N4O2/c1-28-19(16-8-9-29(15-5-6-15)20(30)18(16)27-28)21(31,13-2-3-13)14-4-7-17(22(23,24)25)12(10-14)11-26/h4,7-10,13,15,31H,2-3,5-6H2,1H3/t21-/m0/s1. The molecule has 2 aromatic heterocycles. The molecule has 0 saturated heterocycles. The summed E-state index contributed by atoms with van der Waals surface area (Å²) < 4.78 is 42.9. The quantitative estimate of drug-likeness (QED) is 0.688. The van der Waals surface area contributed by atoms with Gasteiger partial charge in [0, 0.05) is 24.7 Å². The number of pyridine rings is 1. The predicted octanol–water partition coefficient (Wildman–Crippen LogP) is 3.61. The maximum atomic E-state index is 13.3. The fourth-order valence-corrected chi connectivity index (χ4v) is 4.48. The predicted molar refractivity (Wildman–Crippen MR) is 105 cm³/mol. The molecule has 5 rings (SSSR count). The van der Waals surface area contributed by atoms with Gasteiger partial charge < -0.3 is 9.67 Å². The summed E-state index contributed by atoms with van der Waals surface area (Å²) in [7, 11) is 1.61. The van der Waals surface area contributed by atoms with Crippen molar-refractivity contribution in [3.05, 3.63) is 63.2 Å². The van der Waals surface area contributed by atoms with Gasteiger partial charge in [-0.1, -0.05) is 6.07 Å². The summed E-state index contributed by atoms with van der Waals surface area (Å²) in [6.07, 6.45) is 0.221. The van der Waals surface area contributed by atoms with Crippen molar-refractivity contribution in [1.82, 2.24) is 14.3 Å². The Balaban J connectivity index is 1.73. The van der Waals surface area contributed by atoms with E-state index in [-0.39, 0.29) is 28.6 Å². The molecule has 0 amide bonds. The number of nitriles is 1. The maximum absolute atomic E-state index is 13.3. The minimum atomic E-state index is -4.67. The van der Waals surface area contributed by atoms with Gasteiger partial charge in [-0.05, 0) is 55.4 Å². The lowest BCUT2D eigenvalue weighted by atomic mass is 9.82. The molecular weight excluding hydrogens is 409 g/mol. The lowest BCUT2D eigenvalue weighted by Crippen LogP contribution is -2.33. The van der Waals surface area contributed by atoms with Crippen LogP contribution in [0.15, 0.2) is 35.3 Å². The molecule has 3 aromatic rings. The van der Waals surface area contributed by atoms with E-state index >= 15 is 0 Å². The highest BCUT2D eigenvalue weighted by Crippen LogP contribution is 2.51. The Morgan fingerprint density at radius 3 is 2.48 bits per heavy atom. The number of hydrogen-bond acceptors (Lipinski definition) is 4. The number of rotatable bonds is 4. The van der Waals surface area contributed by atoms with Crippen LogP contribution in [0.4, 0.5) is 13.2 Å². The van der Waals surface area contributed by atoms with Crippen molar-refractivity contribution in [3.8, 4) is 6.07 Å². The summed E-state index contributed by atoms with van der Waals surface area (Å²) in [4.78, 5) is 12.9. The molecule has 0 bridgehead atoms. The van der Waals surface area contributed by atoms with Crippen LogP contribution in [0.2, 0.25) is 0 Å². The van der Waals surface area contributed by atoms with E-state index in [0.717, 1.165) is 25.0 Å². The molecule has 0 unspecified atom stereocenters. The van der Waals surface area contributed by atoms with E-state index in [0.29, 0.717) is 23.9 Å². The van der Waals surface area contributed by atoms with Gasteiger partial charge >= 0.3 is 6.18 Å². The third-order valence-corrected chi connectivity index (χ3v) is 6.28. The van der Waals surface area contributed by atoms with E-state index in [1.807, 2.05) is 0 Å². The van der Waals surface area contributed by atoms with Crippen molar-refractivity contribution in [2.45, 2.75) is 43.5 Å². The van der Waals surface area contributed by atoms with E-state index in [1.54, 1.807) is 29.9 Å². The number of aliphatic hydroxyl groups is 1. The second-order valence-corrected chi connectivity index (χ2v) is 8.40. The molecule has 160 valence electrons. The Morgan fingerprint density at radius 2 is 1.90 bits per heavy atom. The van der Waals surface area contributed by atoms with E-state index in [9.17, 15) is 28.3 Å². The summed E-state index contributed by atoms with van der Waals surface area (Å²) >= 11 is 0. The van der Waals surface area contributed by atoms with Crippen molar-refractivity contribution in [2.75, 3.05) is 0 Å². The van der Waals surface area contributed by atoms with Crippen LogP contribution < -0.4 is 5.56 Å². The van der Waals surface area contributed by atoms with E-state index < -0.39 is 22.9 Å². The van der Waals surface area contributed by atoms with Gasteiger partial charge in [0.15, 0.2) is 5.52 Å². The van der Waals surface area contributed by atoms with E-state index in [2.05, 4.69) is 5.10 Å². The molecule has 2 heterocycles. The molecule has 2 fully saturated rings. The molecule has 1 N–H and O–H groups in total. The molecule has 2 aliphatic carbocycles. The van der Waals surface area contributed by atoms with Crippen LogP contribution in [0.5, 0.6) is 0 Å². The van der Waals surface area contributed by atoms with Crippen molar-refractivity contribution < 1.29 is 18.3 Å². The first-order chi connectivity index (χ1) is 14.7. The van der Waals surface area contributed by atoms with Crippen molar-refractivity contribution in [1.29, 1.82) is 5.26 Å². The van der Waals surface area contributed by atoms with Crippen LogP contribution in [0.3, 0.4) is 0 Å². The van der Waals surface area contributed by atoms with Gasteiger partial charge in [-0.2, -0.15) is 23.5 Å². The number of benzene rings is 1. The summed E-state index contributed by atoms with van der Waals surface area (Å²) in [6.45, 7) is 0. The topological polar surface area (TPSA) is 83.8 Å². The Kier molecular flexibility index (Phi) is 4.12. The number of hydrogen-bond donors (Lipinski definition) is 1. The molecule has 2 saturated carbocycles. The minimum Gasteiger partial charge on any atom is -0.378 e. The minimum absolute atomic E-state index is 0.165. The maximum Gasteiger partial charge on any atom is 0.417 e. The first-order valence-corrected chi connectivity index (χ1v) is 10.1. The number of halogens is 3. The van der Waals surface area contributed by atoms with Gasteiger partial charge in [0.1, 0.15) is 5.60 Å². The highest BCUT2D eigenvalue weighted by molar-refractivity contribution is 5.82. The average molecular weight is 428 g/mol. The zero-order valence-electron chi connectivity index (χ0n) is 16.6. The fraction of sp³-hybridized carbons (Fsp3) is 0.409. The highest BCUT2D eigenvalue weighted by atomic mass is 19.4. The van der Waals surface area contributed by atoms with Crippen LogP contribution in [0.25, 0.3) is 10.9 Å². The summed E-state index contributed by atoms with van der Waals surface area (Å²) in [5, 5.41) is 26.0. The van der Waals surface area contributed by atoms with Crippen LogP contribution in [-0.2, 0) is 18.8 Å². The molecule has 1 atom stereocenters. The van der Waals surface area contributed by atoms with Gasteiger partial charge in [0.05, 0.1) is 22.9 Å². The van der Waals surface area contributed by atoms with E-state index in [1.165, 1.54) is 10.7 Å². The number of aromatic nitrogens is 3. The molecule has 6 nitrogen and oxygen atoms in total. The number of nitrogens with zero attached hydrogens (tertiary/aromatic N) is 4. The lowest BCUT2D eigenvalue weighted by molar-refractivity contribution is -0.137. The number of fused-ring (bicyclic) bond motifs is 1. The van der Waals surface area contributed by atoms with Gasteiger partial charge in [-0.15, -0.1) is 0 Å². The summed E-state index contributed by atoms with van der Waals surface area (Å²) in [6, 6.07) is 6.65. The second-order valence-electron chi connectivity index (χ2n) is 8.40. The normalized spacial score (nSPS) is 18.7. The van der Waals surface area contributed by atoms with Gasteiger partial charge in [-0.25, -0.2) is 0 Å². The Bertz CT molecular complexity index is 1310. The van der Waals surface area contributed by atoms with Gasteiger partial charge in [0.25, 0.3) is 5.56 Å². The molecule has 0 radical (unpaired) electrons. The molecule has 31 heavy (non-hydrogen) atoms. The third kappa shape index (κ3) is 2.97. The van der Waals surface area contributed by atoms with Crippen molar-refractivity contribution >= 4 is 10.9 Å². The molecule has 0 aliphatic heterocycles. The SMILES string of the molecule is Cn1nc2c(=O)n(C3CC3)ccc2c1[C@@](O)(c1ccc(C(F)(F)F)c(C#N)c1)C1CC1. The number of aryl methyl sites for hydroxylation is 1. The Labute approximate surface area is 175 Å². The zero-order chi connectivity index (χ0) is 22.1. The molecular formula is C22H19F3N4O2. The molecule has 9 heteroatoms. The van der Waals surface area contributed by atoms with Crippen molar-refractivity contribution in [3.63, 3.8) is 0 Å². The molecule has 1 aromatic carbocycles. The smallest absolute Gasteiger partial charge is 0.378 e. The highest BCUT2D eigenvalue weighted by Gasteiger charge is 2.50. The van der Waals surface area contributed by atoms with E-state index in [4.69, 9.17) is 0 Å².